The van der Waals surface area contributed by atoms with E-state index in [1.165, 1.54) is 13.8 Å². The molecular weight excluding hydrogens is 436 g/mol. The maximum absolute atomic E-state index is 12.8. The molecule has 0 saturated heterocycles. The molecule has 26 heavy (non-hydrogen) atoms. The van der Waals surface area contributed by atoms with Gasteiger partial charge in [0.25, 0.3) is 0 Å². The Morgan fingerprint density at radius 3 is 2.23 bits per heavy atom. The molecule has 0 radical (unpaired) electrons. The number of hydrogen-bond acceptors (Lipinski definition) is 3. The van der Waals surface area contributed by atoms with Gasteiger partial charge >= 0.3 is 12.4 Å². The van der Waals surface area contributed by atoms with Crippen LogP contribution in [0, 0.1) is 13.8 Å². The SMILES string of the molecule is Cc1[nH]nc(C(F)(F)F)c1NC(=O)CCn1nc(C(F)(F)F)c(Br)c1C. The van der Waals surface area contributed by atoms with Gasteiger partial charge < -0.3 is 5.32 Å². The molecule has 0 aliphatic carbocycles. The van der Waals surface area contributed by atoms with Gasteiger partial charge in [-0.1, -0.05) is 0 Å². The van der Waals surface area contributed by atoms with Gasteiger partial charge in [0, 0.05) is 6.42 Å². The highest BCUT2D eigenvalue weighted by Gasteiger charge is 2.39. The van der Waals surface area contributed by atoms with Crippen molar-refractivity contribution in [1.82, 2.24) is 20.0 Å². The van der Waals surface area contributed by atoms with E-state index in [9.17, 15) is 31.1 Å². The molecule has 2 N–H and O–H groups in total. The molecule has 2 aromatic heterocycles. The summed E-state index contributed by atoms with van der Waals surface area (Å²) in [5, 5.41) is 10.7. The van der Waals surface area contributed by atoms with Gasteiger partial charge in [0.15, 0.2) is 11.4 Å². The molecule has 0 aliphatic heterocycles. The summed E-state index contributed by atoms with van der Waals surface area (Å²) in [6.45, 7) is 2.42. The van der Waals surface area contributed by atoms with Crippen molar-refractivity contribution in [3.05, 3.63) is 27.2 Å². The normalized spacial score (nSPS) is 12.5. The quantitative estimate of drug-likeness (QED) is 0.694. The first-order valence-corrected chi connectivity index (χ1v) is 7.83. The Labute approximate surface area is 151 Å². The van der Waals surface area contributed by atoms with Crippen LogP contribution in [-0.2, 0) is 23.7 Å². The number of anilines is 1. The van der Waals surface area contributed by atoms with Gasteiger partial charge in [-0.25, -0.2) is 0 Å². The molecule has 0 fully saturated rings. The molecule has 0 aromatic carbocycles. The van der Waals surface area contributed by atoms with Crippen LogP contribution in [0.3, 0.4) is 0 Å². The summed E-state index contributed by atoms with van der Waals surface area (Å²) in [5.41, 5.74) is -2.79. The largest absolute Gasteiger partial charge is 0.437 e. The molecule has 144 valence electrons. The van der Waals surface area contributed by atoms with E-state index < -0.39 is 35.3 Å². The number of alkyl halides is 6. The number of H-pyrrole nitrogens is 1. The van der Waals surface area contributed by atoms with Crippen molar-refractivity contribution in [2.24, 2.45) is 0 Å². The fourth-order valence-corrected chi connectivity index (χ4v) is 2.63. The van der Waals surface area contributed by atoms with Crippen molar-refractivity contribution in [3.8, 4) is 0 Å². The molecule has 0 atom stereocenters. The first-order chi connectivity index (χ1) is 11.8. The Hall–Kier alpha value is -2.05. The van der Waals surface area contributed by atoms with Gasteiger partial charge in [-0.05, 0) is 29.8 Å². The van der Waals surface area contributed by atoms with E-state index in [4.69, 9.17) is 0 Å². The second-order valence-electron chi connectivity index (χ2n) is 5.34. The van der Waals surface area contributed by atoms with Crippen LogP contribution in [0.5, 0.6) is 0 Å². The van der Waals surface area contributed by atoms with E-state index in [0.29, 0.717) is 0 Å². The zero-order valence-electron chi connectivity index (χ0n) is 13.3. The van der Waals surface area contributed by atoms with Gasteiger partial charge in [0.2, 0.25) is 5.91 Å². The van der Waals surface area contributed by atoms with Crippen LogP contribution in [0.2, 0.25) is 0 Å². The molecule has 0 saturated carbocycles. The van der Waals surface area contributed by atoms with Crippen LogP contribution in [0.1, 0.15) is 29.2 Å². The number of carbonyl (C=O) groups excluding carboxylic acids is 1. The van der Waals surface area contributed by atoms with Crippen LogP contribution in [-0.4, -0.2) is 25.9 Å². The van der Waals surface area contributed by atoms with Crippen LogP contribution in [0.4, 0.5) is 32.0 Å². The molecule has 13 heteroatoms. The third-order valence-corrected chi connectivity index (χ3v) is 4.38. The highest BCUT2D eigenvalue weighted by molar-refractivity contribution is 9.10. The van der Waals surface area contributed by atoms with E-state index in [2.05, 4.69) is 36.5 Å². The first-order valence-electron chi connectivity index (χ1n) is 7.04. The maximum atomic E-state index is 12.8. The second kappa shape index (κ2) is 6.93. The molecule has 1 amide bonds. The van der Waals surface area contributed by atoms with Gasteiger partial charge in [-0.2, -0.15) is 36.5 Å². The van der Waals surface area contributed by atoms with Crippen molar-refractivity contribution in [3.63, 3.8) is 0 Å². The molecule has 0 aliphatic rings. The minimum Gasteiger partial charge on any atom is -0.323 e. The van der Waals surface area contributed by atoms with E-state index in [1.807, 2.05) is 0 Å². The molecule has 0 unspecified atom stereocenters. The maximum Gasteiger partial charge on any atom is 0.437 e. The smallest absolute Gasteiger partial charge is 0.323 e. The number of aromatic amines is 1. The summed E-state index contributed by atoms with van der Waals surface area (Å²) in [4.78, 5) is 11.9. The standard InChI is InChI=1S/C13H12BrF6N5O/c1-5-9(11(23-22-5)13(18,19)20)21-7(26)3-4-25-6(2)8(14)10(24-25)12(15,16)17/h3-4H2,1-2H3,(H,21,26)(H,22,23). The van der Waals surface area contributed by atoms with E-state index in [-0.39, 0.29) is 28.8 Å². The Kier molecular flexibility index (Phi) is 5.40. The van der Waals surface area contributed by atoms with Crippen molar-refractivity contribution in [2.45, 2.75) is 39.2 Å². The molecule has 0 bridgehead atoms. The van der Waals surface area contributed by atoms with Crippen LogP contribution < -0.4 is 5.32 Å². The number of carbonyl (C=O) groups is 1. The third kappa shape index (κ3) is 4.19. The average molecular weight is 448 g/mol. The van der Waals surface area contributed by atoms with Crippen molar-refractivity contribution < 1.29 is 31.1 Å². The molecule has 2 aromatic rings. The zero-order chi connectivity index (χ0) is 19.9. The second-order valence-corrected chi connectivity index (χ2v) is 6.13. The van der Waals surface area contributed by atoms with Crippen LogP contribution >= 0.6 is 15.9 Å². The minimum absolute atomic E-state index is 0.00282. The topological polar surface area (TPSA) is 75.6 Å². The lowest BCUT2D eigenvalue weighted by atomic mass is 10.2. The lowest BCUT2D eigenvalue weighted by Crippen LogP contribution is -2.19. The summed E-state index contributed by atoms with van der Waals surface area (Å²) < 4.78 is 77.5. The lowest BCUT2D eigenvalue weighted by Gasteiger charge is -2.09. The van der Waals surface area contributed by atoms with Crippen molar-refractivity contribution in [2.75, 3.05) is 5.32 Å². The number of aromatic nitrogens is 4. The van der Waals surface area contributed by atoms with Crippen LogP contribution in [0.25, 0.3) is 0 Å². The fourth-order valence-electron chi connectivity index (χ4n) is 2.12. The number of rotatable bonds is 4. The van der Waals surface area contributed by atoms with E-state index in [1.54, 1.807) is 0 Å². The van der Waals surface area contributed by atoms with Crippen molar-refractivity contribution in [1.29, 1.82) is 0 Å². The Balaban J connectivity index is 2.11. The average Bonchev–Trinajstić information content (AvgIpc) is 2.99. The van der Waals surface area contributed by atoms with E-state index >= 15 is 0 Å². The fraction of sp³-hybridized carbons (Fsp3) is 0.462. The minimum atomic E-state index is -4.77. The Bertz CT molecular complexity index is 822. The van der Waals surface area contributed by atoms with Crippen LogP contribution in [0.15, 0.2) is 4.47 Å². The molecule has 0 spiro atoms. The van der Waals surface area contributed by atoms with E-state index in [0.717, 1.165) is 4.68 Å². The van der Waals surface area contributed by atoms with Gasteiger partial charge in [-0.15, -0.1) is 0 Å². The number of nitrogens with one attached hydrogen (secondary N) is 2. The Morgan fingerprint density at radius 1 is 1.15 bits per heavy atom. The highest BCUT2D eigenvalue weighted by atomic mass is 79.9. The first kappa shape index (κ1) is 20.3. The Morgan fingerprint density at radius 2 is 1.73 bits per heavy atom. The summed E-state index contributed by atoms with van der Waals surface area (Å²) in [5.74, 6) is -0.820. The summed E-state index contributed by atoms with van der Waals surface area (Å²) >= 11 is 2.79. The van der Waals surface area contributed by atoms with Crippen molar-refractivity contribution >= 4 is 27.5 Å². The predicted octanol–water partition coefficient (Wildman–Crippen LogP) is 4.05. The van der Waals surface area contributed by atoms with Gasteiger partial charge in [0.05, 0.1) is 28.1 Å². The number of amides is 1. The number of nitrogens with zero attached hydrogens (tertiary/aromatic N) is 3. The molecular formula is C13H12BrF6N5O. The predicted molar refractivity (Wildman–Crippen MR) is 81.2 cm³/mol. The lowest BCUT2D eigenvalue weighted by molar-refractivity contribution is -0.142. The molecule has 2 rings (SSSR count). The van der Waals surface area contributed by atoms with Gasteiger partial charge in [-0.3, -0.25) is 14.6 Å². The zero-order valence-corrected chi connectivity index (χ0v) is 14.9. The monoisotopic (exact) mass is 447 g/mol. The summed E-state index contributed by atoms with van der Waals surface area (Å²) in [7, 11) is 0. The number of hydrogen-bond donors (Lipinski definition) is 2. The highest BCUT2D eigenvalue weighted by Crippen LogP contribution is 2.36. The molecule has 2 heterocycles. The summed E-state index contributed by atoms with van der Waals surface area (Å²) in [6.07, 6.45) is -9.82. The number of halogens is 7. The number of aryl methyl sites for hydroxylation is 2. The third-order valence-electron chi connectivity index (χ3n) is 3.43. The molecule has 6 nitrogen and oxygen atoms in total. The summed E-state index contributed by atoms with van der Waals surface area (Å²) in [6, 6.07) is 0. The van der Waals surface area contributed by atoms with Gasteiger partial charge in [0.1, 0.15) is 0 Å².